The van der Waals surface area contributed by atoms with Crippen LogP contribution in [0.15, 0.2) is 30.3 Å². The zero-order valence-electron chi connectivity index (χ0n) is 13.4. The first kappa shape index (κ1) is 15.9. The Balaban J connectivity index is 2.23. The first-order valence-corrected chi connectivity index (χ1v) is 7.56. The highest BCUT2D eigenvalue weighted by Gasteiger charge is 2.35. The largest absolute Gasteiger partial charge is 0.507 e. The van der Waals surface area contributed by atoms with Crippen molar-refractivity contribution in [2.24, 2.45) is 0 Å². The summed E-state index contributed by atoms with van der Waals surface area (Å²) >= 11 is 0. The predicted octanol–water partition coefficient (Wildman–Crippen LogP) is 2.70. The van der Waals surface area contributed by atoms with Crippen LogP contribution in [0.3, 0.4) is 0 Å². The first-order valence-electron chi connectivity index (χ1n) is 7.56. The smallest absolute Gasteiger partial charge is 0.198 e. The fourth-order valence-corrected chi connectivity index (χ4v) is 2.96. The molecule has 0 saturated heterocycles. The molecule has 122 valence electrons. The average molecular weight is 324 g/mol. The molecule has 3 rings (SSSR count). The molecule has 5 nitrogen and oxygen atoms in total. The van der Waals surface area contributed by atoms with Crippen LogP contribution in [0.5, 0.6) is 11.5 Å². The van der Waals surface area contributed by atoms with Crippen LogP contribution in [0.2, 0.25) is 0 Å². The van der Waals surface area contributed by atoms with E-state index in [0.717, 1.165) is 0 Å². The van der Waals surface area contributed by atoms with Crippen molar-refractivity contribution in [3.63, 3.8) is 0 Å². The number of aromatic hydroxyl groups is 1. The van der Waals surface area contributed by atoms with Gasteiger partial charge in [0.15, 0.2) is 11.6 Å². The highest BCUT2D eigenvalue weighted by molar-refractivity contribution is 6.30. The van der Waals surface area contributed by atoms with Crippen LogP contribution >= 0.6 is 0 Å². The third-order valence-electron chi connectivity index (χ3n) is 4.18. The predicted molar refractivity (Wildman–Crippen MR) is 87.0 cm³/mol. The highest BCUT2D eigenvalue weighted by Crippen LogP contribution is 2.40. The number of phenols is 1. The SMILES string of the molecule is COc1cc(CCC(C)=O)c(O)c2c1C(=O)c1ccccc1C2=O. The molecule has 0 fully saturated rings. The summed E-state index contributed by atoms with van der Waals surface area (Å²) in [6.07, 6.45) is 0.502. The average Bonchev–Trinajstić information content (AvgIpc) is 2.58. The molecule has 0 aliphatic heterocycles. The van der Waals surface area contributed by atoms with Crippen molar-refractivity contribution < 1.29 is 24.2 Å². The number of aryl methyl sites for hydroxylation is 1. The second-order valence-corrected chi connectivity index (χ2v) is 5.74. The molecule has 24 heavy (non-hydrogen) atoms. The van der Waals surface area contributed by atoms with E-state index >= 15 is 0 Å². The Bertz CT molecular complexity index is 880. The monoisotopic (exact) mass is 324 g/mol. The molecule has 1 N–H and O–H groups in total. The molecule has 0 bridgehead atoms. The third kappa shape index (κ3) is 2.38. The van der Waals surface area contributed by atoms with E-state index in [4.69, 9.17) is 4.74 Å². The van der Waals surface area contributed by atoms with E-state index in [0.29, 0.717) is 11.1 Å². The van der Waals surface area contributed by atoms with E-state index in [-0.39, 0.29) is 52.6 Å². The summed E-state index contributed by atoms with van der Waals surface area (Å²) in [4.78, 5) is 36.8. The number of benzene rings is 2. The third-order valence-corrected chi connectivity index (χ3v) is 4.18. The van der Waals surface area contributed by atoms with Gasteiger partial charge in [0, 0.05) is 17.5 Å². The van der Waals surface area contributed by atoms with E-state index in [1.807, 2.05) is 0 Å². The van der Waals surface area contributed by atoms with Gasteiger partial charge < -0.3 is 14.6 Å². The Hall–Kier alpha value is -2.95. The lowest BCUT2D eigenvalue weighted by atomic mass is 9.81. The Morgan fingerprint density at radius 2 is 1.67 bits per heavy atom. The standard InChI is InChI=1S/C19H16O5/c1-10(20)7-8-11-9-14(24-2)15-16(17(11)21)19(23)13-6-4-3-5-12(13)18(15)22/h3-6,9,21H,7-8H2,1-2H3. The fourth-order valence-electron chi connectivity index (χ4n) is 2.96. The van der Waals surface area contributed by atoms with Crippen LogP contribution in [0, 0.1) is 0 Å². The lowest BCUT2D eigenvalue weighted by Crippen LogP contribution is -2.22. The number of methoxy groups -OCH3 is 1. The van der Waals surface area contributed by atoms with Crippen LogP contribution in [-0.4, -0.2) is 29.6 Å². The molecule has 0 radical (unpaired) electrons. The normalized spacial score (nSPS) is 12.6. The lowest BCUT2D eigenvalue weighted by Gasteiger charge is -2.22. The van der Waals surface area contributed by atoms with Crippen molar-refractivity contribution in [3.8, 4) is 11.5 Å². The maximum absolute atomic E-state index is 12.8. The molecular weight excluding hydrogens is 308 g/mol. The number of hydrogen-bond donors (Lipinski definition) is 1. The minimum atomic E-state index is -0.416. The quantitative estimate of drug-likeness (QED) is 0.798. The molecule has 0 saturated carbocycles. The Morgan fingerprint density at radius 1 is 1.08 bits per heavy atom. The number of rotatable bonds is 4. The van der Waals surface area contributed by atoms with Gasteiger partial charge in [0.05, 0.1) is 18.2 Å². The minimum absolute atomic E-state index is 0.0289. The molecule has 0 atom stereocenters. The first-order chi connectivity index (χ1) is 11.5. The maximum Gasteiger partial charge on any atom is 0.198 e. The molecule has 1 aliphatic carbocycles. The zero-order valence-corrected chi connectivity index (χ0v) is 13.4. The van der Waals surface area contributed by atoms with Gasteiger partial charge in [-0.15, -0.1) is 0 Å². The Labute approximate surface area is 138 Å². The van der Waals surface area contributed by atoms with Gasteiger partial charge in [-0.1, -0.05) is 24.3 Å². The van der Waals surface area contributed by atoms with Crippen molar-refractivity contribution in [1.82, 2.24) is 0 Å². The van der Waals surface area contributed by atoms with Crippen molar-refractivity contribution in [2.75, 3.05) is 7.11 Å². The highest BCUT2D eigenvalue weighted by atomic mass is 16.5. The van der Waals surface area contributed by atoms with Gasteiger partial charge in [0.1, 0.15) is 17.3 Å². The topological polar surface area (TPSA) is 80.7 Å². The number of carbonyl (C=O) groups is 3. The molecule has 1 aliphatic rings. The number of fused-ring (bicyclic) bond motifs is 2. The molecule has 0 aromatic heterocycles. The summed E-state index contributed by atoms with van der Waals surface area (Å²) in [5, 5.41) is 10.5. The molecular formula is C19H16O5. The second-order valence-electron chi connectivity index (χ2n) is 5.74. The maximum atomic E-state index is 12.8. The Kier molecular flexibility index (Phi) is 3.93. The van der Waals surface area contributed by atoms with E-state index < -0.39 is 5.78 Å². The van der Waals surface area contributed by atoms with Crippen LogP contribution in [-0.2, 0) is 11.2 Å². The zero-order chi connectivity index (χ0) is 17.4. The van der Waals surface area contributed by atoms with Crippen LogP contribution in [0.25, 0.3) is 0 Å². The van der Waals surface area contributed by atoms with Gasteiger partial charge >= 0.3 is 0 Å². The number of phenolic OH excluding ortho intramolecular Hbond substituents is 1. The van der Waals surface area contributed by atoms with Gasteiger partial charge in [0.25, 0.3) is 0 Å². The minimum Gasteiger partial charge on any atom is -0.507 e. The number of hydrogen-bond acceptors (Lipinski definition) is 5. The van der Waals surface area contributed by atoms with E-state index in [1.165, 1.54) is 20.1 Å². The Morgan fingerprint density at radius 3 is 2.21 bits per heavy atom. The number of ketones is 3. The van der Waals surface area contributed by atoms with E-state index in [2.05, 4.69) is 0 Å². The summed E-state index contributed by atoms with van der Waals surface area (Å²) < 4.78 is 5.28. The van der Waals surface area contributed by atoms with E-state index in [9.17, 15) is 19.5 Å². The van der Waals surface area contributed by atoms with Gasteiger partial charge in [-0.25, -0.2) is 0 Å². The molecule has 0 spiro atoms. The molecule has 2 aromatic carbocycles. The van der Waals surface area contributed by atoms with Crippen LogP contribution in [0.4, 0.5) is 0 Å². The summed E-state index contributed by atoms with van der Waals surface area (Å²) in [6, 6.07) is 8.02. The number of Topliss-reactive ketones (excluding diaryl/α,β-unsaturated/α-hetero) is 1. The van der Waals surface area contributed by atoms with Gasteiger partial charge in [-0.2, -0.15) is 0 Å². The molecule has 0 unspecified atom stereocenters. The lowest BCUT2D eigenvalue weighted by molar-refractivity contribution is -0.116. The number of carbonyl (C=O) groups excluding carboxylic acids is 3. The van der Waals surface area contributed by atoms with Crippen molar-refractivity contribution in [3.05, 3.63) is 58.1 Å². The summed E-state index contributed by atoms with van der Waals surface area (Å²) in [5.74, 6) is -0.820. The summed E-state index contributed by atoms with van der Waals surface area (Å²) in [5.41, 5.74) is 1.00. The van der Waals surface area contributed by atoms with Crippen molar-refractivity contribution in [2.45, 2.75) is 19.8 Å². The second kappa shape index (κ2) is 5.92. The number of ether oxygens (including phenoxy) is 1. The fraction of sp³-hybridized carbons (Fsp3) is 0.211. The summed E-state index contributed by atoms with van der Waals surface area (Å²) in [6.45, 7) is 1.46. The molecule has 2 aromatic rings. The molecule has 5 heteroatoms. The molecule has 0 heterocycles. The van der Waals surface area contributed by atoms with E-state index in [1.54, 1.807) is 24.3 Å². The van der Waals surface area contributed by atoms with Crippen molar-refractivity contribution in [1.29, 1.82) is 0 Å². The summed E-state index contributed by atoms with van der Waals surface area (Å²) in [7, 11) is 1.40. The van der Waals surface area contributed by atoms with Crippen molar-refractivity contribution >= 4 is 17.3 Å². The van der Waals surface area contributed by atoms with Gasteiger partial charge in [0.2, 0.25) is 0 Å². The van der Waals surface area contributed by atoms with Crippen LogP contribution in [0.1, 0.15) is 50.8 Å². The van der Waals surface area contributed by atoms with Gasteiger partial charge in [-0.05, 0) is 25.0 Å². The van der Waals surface area contributed by atoms with Gasteiger partial charge in [-0.3, -0.25) is 9.59 Å². The molecule has 0 amide bonds. The van der Waals surface area contributed by atoms with Crippen LogP contribution < -0.4 is 4.74 Å².